The lowest BCUT2D eigenvalue weighted by molar-refractivity contribution is 0.240. The summed E-state index contributed by atoms with van der Waals surface area (Å²) in [6, 6.07) is 7.62. The van der Waals surface area contributed by atoms with E-state index in [1.807, 2.05) is 58.9 Å². The Balaban J connectivity index is 0.00000112. The molecule has 130 valence electrons. The third kappa shape index (κ3) is 7.42. The van der Waals surface area contributed by atoms with Crippen LogP contribution in [0.3, 0.4) is 0 Å². The topological polar surface area (TPSA) is 60.2 Å². The van der Waals surface area contributed by atoms with Crippen LogP contribution in [0.2, 0.25) is 0 Å². The van der Waals surface area contributed by atoms with Crippen molar-refractivity contribution in [2.24, 2.45) is 5.92 Å². The van der Waals surface area contributed by atoms with E-state index in [1.165, 1.54) is 0 Å². The number of likely N-dealkylation sites (tertiary alicyclic amines) is 1. The van der Waals surface area contributed by atoms with Crippen LogP contribution in [-0.4, -0.2) is 36.8 Å². The van der Waals surface area contributed by atoms with Crippen LogP contribution in [0.15, 0.2) is 24.3 Å². The number of piperidine rings is 1. The molecule has 4 heteroatoms. The first-order chi connectivity index (χ1) is 11.1. The molecule has 1 heterocycles. The molecule has 1 aromatic carbocycles. The van der Waals surface area contributed by atoms with E-state index in [0.29, 0.717) is 0 Å². The molecular weight excluding hydrogens is 286 g/mol. The molecule has 0 amide bonds. The second-order valence-corrected chi connectivity index (χ2v) is 5.24. The molecular formula is C19H33N3O. The molecule has 2 rings (SSSR count). The first-order valence-electron chi connectivity index (χ1n) is 8.66. The fourth-order valence-electron chi connectivity index (χ4n) is 2.23. The number of nitrogens with zero attached hydrogens (tertiary/aromatic N) is 1. The fourth-order valence-corrected chi connectivity index (χ4v) is 2.23. The van der Waals surface area contributed by atoms with Crippen LogP contribution < -0.4 is 0 Å². The van der Waals surface area contributed by atoms with Crippen molar-refractivity contribution >= 4 is 11.8 Å². The third-order valence-corrected chi connectivity index (χ3v) is 3.62. The molecule has 1 aromatic rings. The maximum atomic E-state index is 7.99. The minimum atomic E-state index is 0.0731. The van der Waals surface area contributed by atoms with Crippen molar-refractivity contribution in [3.05, 3.63) is 35.4 Å². The van der Waals surface area contributed by atoms with E-state index in [2.05, 4.69) is 11.9 Å². The summed E-state index contributed by atoms with van der Waals surface area (Å²) in [5.41, 5.74) is 1.88. The molecule has 1 aliphatic rings. The normalized spacial score (nSPS) is 14.7. The van der Waals surface area contributed by atoms with E-state index in [4.69, 9.17) is 15.6 Å². The standard InChI is InChI=1S/C15H21N3O.2C2H6/c1-11-3-5-12(6-4-11)14(16)19-15(17)13-7-9-18(2)10-8-13;2*1-2/h3-6,13,16-17H,7-10H2,1-2H3;2*1-2H3. The maximum absolute atomic E-state index is 7.99. The summed E-state index contributed by atoms with van der Waals surface area (Å²) in [5, 5.41) is 15.9. The summed E-state index contributed by atoms with van der Waals surface area (Å²) in [4.78, 5) is 2.26. The molecule has 1 saturated heterocycles. The van der Waals surface area contributed by atoms with Gasteiger partial charge in [0, 0.05) is 11.5 Å². The van der Waals surface area contributed by atoms with Crippen LogP contribution in [0.5, 0.6) is 0 Å². The number of hydrogen-bond acceptors (Lipinski definition) is 4. The summed E-state index contributed by atoms with van der Waals surface area (Å²) in [6.45, 7) is 12.0. The molecule has 2 N–H and O–H groups in total. The fraction of sp³-hybridized carbons (Fsp3) is 0.579. The highest BCUT2D eigenvalue weighted by molar-refractivity contribution is 5.99. The van der Waals surface area contributed by atoms with Crippen LogP contribution in [0, 0.1) is 23.7 Å². The first-order valence-corrected chi connectivity index (χ1v) is 8.66. The average Bonchev–Trinajstić information content (AvgIpc) is 2.59. The number of benzene rings is 1. The van der Waals surface area contributed by atoms with Gasteiger partial charge >= 0.3 is 0 Å². The summed E-state index contributed by atoms with van der Waals surface area (Å²) >= 11 is 0. The highest BCUT2D eigenvalue weighted by atomic mass is 16.5. The van der Waals surface area contributed by atoms with Gasteiger partial charge in [-0.15, -0.1) is 0 Å². The molecule has 23 heavy (non-hydrogen) atoms. The second kappa shape index (κ2) is 11.8. The molecule has 0 radical (unpaired) electrons. The lowest BCUT2D eigenvalue weighted by Crippen LogP contribution is -2.34. The smallest absolute Gasteiger partial charge is 0.220 e. The minimum Gasteiger partial charge on any atom is -0.425 e. The Hall–Kier alpha value is -1.68. The average molecular weight is 319 g/mol. The van der Waals surface area contributed by atoms with Gasteiger partial charge in [-0.05, 0) is 52.0 Å². The molecule has 0 aliphatic carbocycles. The molecule has 1 fully saturated rings. The Bertz CT molecular complexity index is 460. The summed E-state index contributed by atoms with van der Waals surface area (Å²) in [6.07, 6.45) is 1.88. The molecule has 0 aromatic heterocycles. The Morgan fingerprint density at radius 3 is 1.96 bits per heavy atom. The van der Waals surface area contributed by atoms with Gasteiger partial charge in [0.05, 0.1) is 0 Å². The van der Waals surface area contributed by atoms with Gasteiger partial charge in [0.15, 0.2) is 5.90 Å². The van der Waals surface area contributed by atoms with Crippen LogP contribution in [0.1, 0.15) is 51.7 Å². The van der Waals surface area contributed by atoms with E-state index in [0.717, 1.165) is 37.1 Å². The van der Waals surface area contributed by atoms with Gasteiger partial charge in [0.1, 0.15) is 0 Å². The number of hydrogen-bond donors (Lipinski definition) is 2. The predicted molar refractivity (Wildman–Crippen MR) is 99.7 cm³/mol. The first kappa shape index (κ1) is 21.3. The summed E-state index contributed by atoms with van der Waals surface area (Å²) in [7, 11) is 2.09. The van der Waals surface area contributed by atoms with Crippen LogP contribution in [0.25, 0.3) is 0 Å². The van der Waals surface area contributed by atoms with E-state index < -0.39 is 0 Å². The Morgan fingerprint density at radius 2 is 1.48 bits per heavy atom. The van der Waals surface area contributed by atoms with Gasteiger partial charge in [0.2, 0.25) is 5.90 Å². The van der Waals surface area contributed by atoms with Crippen LogP contribution >= 0.6 is 0 Å². The third-order valence-electron chi connectivity index (χ3n) is 3.62. The van der Waals surface area contributed by atoms with Gasteiger partial charge in [-0.3, -0.25) is 10.8 Å². The highest BCUT2D eigenvalue weighted by Gasteiger charge is 2.23. The molecule has 0 spiro atoms. The van der Waals surface area contributed by atoms with Gasteiger partial charge < -0.3 is 9.64 Å². The van der Waals surface area contributed by atoms with E-state index in [-0.39, 0.29) is 17.7 Å². The zero-order valence-corrected chi connectivity index (χ0v) is 15.6. The van der Waals surface area contributed by atoms with Crippen LogP contribution in [0.4, 0.5) is 0 Å². The molecule has 0 atom stereocenters. The predicted octanol–water partition coefficient (Wildman–Crippen LogP) is 4.71. The van der Waals surface area contributed by atoms with E-state index in [1.54, 1.807) is 0 Å². The molecule has 1 aliphatic heterocycles. The molecule has 0 bridgehead atoms. The van der Waals surface area contributed by atoms with Crippen molar-refractivity contribution in [2.75, 3.05) is 20.1 Å². The van der Waals surface area contributed by atoms with Gasteiger partial charge in [-0.25, -0.2) is 0 Å². The molecule has 0 unspecified atom stereocenters. The largest absolute Gasteiger partial charge is 0.425 e. The number of aryl methyl sites for hydroxylation is 1. The highest BCUT2D eigenvalue weighted by Crippen LogP contribution is 2.18. The quantitative estimate of drug-likeness (QED) is 0.612. The summed E-state index contributed by atoms with van der Waals surface area (Å²) in [5.74, 6) is 0.463. The Kier molecular flexibility index (Phi) is 11.0. The van der Waals surface area contributed by atoms with Gasteiger partial charge in [-0.2, -0.15) is 0 Å². The second-order valence-electron chi connectivity index (χ2n) is 5.24. The SMILES string of the molecule is CC.CC.Cc1ccc(C(=N)OC(=N)C2CCN(C)CC2)cc1. The molecule has 4 nitrogen and oxygen atoms in total. The number of ether oxygens (including phenoxy) is 1. The minimum absolute atomic E-state index is 0.0731. The van der Waals surface area contributed by atoms with Gasteiger partial charge in [-0.1, -0.05) is 45.4 Å². The van der Waals surface area contributed by atoms with Crippen molar-refractivity contribution in [2.45, 2.75) is 47.5 Å². The van der Waals surface area contributed by atoms with E-state index >= 15 is 0 Å². The van der Waals surface area contributed by atoms with Crippen molar-refractivity contribution in [1.29, 1.82) is 10.8 Å². The monoisotopic (exact) mass is 319 g/mol. The van der Waals surface area contributed by atoms with E-state index in [9.17, 15) is 0 Å². The molecule has 0 saturated carbocycles. The number of rotatable bonds is 2. The van der Waals surface area contributed by atoms with Crippen LogP contribution in [-0.2, 0) is 4.74 Å². The maximum Gasteiger partial charge on any atom is 0.220 e. The Morgan fingerprint density at radius 1 is 1.00 bits per heavy atom. The lowest BCUT2D eigenvalue weighted by atomic mass is 9.97. The van der Waals surface area contributed by atoms with Crippen molar-refractivity contribution < 1.29 is 4.74 Å². The Labute approximate surface area is 141 Å². The van der Waals surface area contributed by atoms with Crippen molar-refractivity contribution in [1.82, 2.24) is 4.90 Å². The van der Waals surface area contributed by atoms with Crippen molar-refractivity contribution in [3.63, 3.8) is 0 Å². The zero-order valence-electron chi connectivity index (χ0n) is 15.6. The lowest BCUT2D eigenvalue weighted by Gasteiger charge is -2.28. The number of nitrogens with one attached hydrogen (secondary N) is 2. The zero-order chi connectivity index (χ0) is 17.8. The van der Waals surface area contributed by atoms with Gasteiger partial charge in [0.25, 0.3) is 0 Å². The van der Waals surface area contributed by atoms with Crippen molar-refractivity contribution in [3.8, 4) is 0 Å². The summed E-state index contributed by atoms with van der Waals surface area (Å²) < 4.78 is 5.40.